The number of aryl methyl sites for hydroxylation is 1. The number of esters is 1. The molecule has 28 heavy (non-hydrogen) atoms. The van der Waals surface area contributed by atoms with E-state index >= 15 is 0 Å². The van der Waals surface area contributed by atoms with Gasteiger partial charge < -0.3 is 4.74 Å². The minimum Gasteiger partial charge on any atom is -0.459 e. The summed E-state index contributed by atoms with van der Waals surface area (Å²) < 4.78 is 6.77. The van der Waals surface area contributed by atoms with Crippen molar-refractivity contribution in [1.82, 2.24) is 9.55 Å². The minimum absolute atomic E-state index is 0.0685. The van der Waals surface area contributed by atoms with Crippen molar-refractivity contribution in [2.45, 2.75) is 45.8 Å². The molecule has 0 fully saturated rings. The largest absolute Gasteiger partial charge is 0.459 e. The lowest BCUT2D eigenvalue weighted by Gasteiger charge is -2.18. The molecule has 2 atom stereocenters. The zero-order chi connectivity index (χ0) is 19.8. The number of carbonyl (C=O) groups is 1. The van der Waals surface area contributed by atoms with Crippen molar-refractivity contribution < 1.29 is 9.53 Å². The number of carbonyl (C=O) groups excluding carboxylic acids is 1. The molecule has 146 valence electrons. The highest BCUT2D eigenvalue weighted by molar-refractivity contribution is 7.18. The molecule has 0 N–H and O–H groups in total. The Balaban J connectivity index is 1.60. The van der Waals surface area contributed by atoms with E-state index in [1.165, 1.54) is 15.8 Å². The van der Waals surface area contributed by atoms with Gasteiger partial charge in [-0.15, -0.1) is 11.3 Å². The molecular weight excluding hydrogens is 396 g/mol. The van der Waals surface area contributed by atoms with Crippen LogP contribution in [0.1, 0.15) is 42.3 Å². The lowest BCUT2D eigenvalue weighted by molar-refractivity contribution is -0.148. The minimum atomic E-state index is -0.759. The second kappa shape index (κ2) is 7.68. The molecule has 1 aliphatic carbocycles. The first-order valence-electron chi connectivity index (χ1n) is 9.37. The summed E-state index contributed by atoms with van der Waals surface area (Å²) in [6, 6.07) is 6.45. The Morgan fingerprint density at radius 3 is 3.00 bits per heavy atom. The molecule has 0 saturated heterocycles. The molecule has 0 spiro atoms. The molecule has 0 amide bonds. The van der Waals surface area contributed by atoms with Gasteiger partial charge in [0, 0.05) is 15.5 Å². The average Bonchev–Trinajstić information content (AvgIpc) is 3.05. The van der Waals surface area contributed by atoms with Crippen molar-refractivity contribution in [2.24, 2.45) is 5.92 Å². The average molecular weight is 417 g/mol. The molecule has 4 rings (SSSR count). The molecule has 7 heteroatoms. The molecule has 2 aromatic heterocycles. The predicted octanol–water partition coefficient (Wildman–Crippen LogP) is 4.54. The summed E-state index contributed by atoms with van der Waals surface area (Å²) in [6.07, 6.45) is 4.41. The van der Waals surface area contributed by atoms with Gasteiger partial charge in [-0.3, -0.25) is 9.36 Å². The first-order valence-corrected chi connectivity index (χ1v) is 10.6. The third-order valence-electron chi connectivity index (χ3n) is 5.33. The zero-order valence-corrected chi connectivity index (χ0v) is 17.3. The molecule has 2 heterocycles. The number of fused-ring (bicyclic) bond motifs is 3. The number of thiophene rings is 1. The van der Waals surface area contributed by atoms with Gasteiger partial charge in [-0.1, -0.05) is 36.7 Å². The van der Waals surface area contributed by atoms with Gasteiger partial charge in [-0.25, -0.2) is 9.78 Å². The van der Waals surface area contributed by atoms with Gasteiger partial charge in [0.05, 0.1) is 11.7 Å². The summed E-state index contributed by atoms with van der Waals surface area (Å²) in [7, 11) is 0. The topological polar surface area (TPSA) is 61.2 Å². The summed E-state index contributed by atoms with van der Waals surface area (Å²) in [5, 5.41) is 1.21. The maximum Gasteiger partial charge on any atom is 0.329 e. The van der Waals surface area contributed by atoms with Gasteiger partial charge in [-0.05, 0) is 43.7 Å². The van der Waals surface area contributed by atoms with E-state index in [4.69, 9.17) is 16.3 Å². The summed E-state index contributed by atoms with van der Waals surface area (Å²) in [4.78, 5) is 32.1. The summed E-state index contributed by atoms with van der Waals surface area (Å²) in [5.41, 5.74) is 1.67. The van der Waals surface area contributed by atoms with Gasteiger partial charge in [0.15, 0.2) is 0 Å². The Hall–Kier alpha value is -2.18. The molecule has 2 unspecified atom stereocenters. The number of benzene rings is 1. The van der Waals surface area contributed by atoms with Gasteiger partial charge in [0.1, 0.15) is 17.5 Å². The summed E-state index contributed by atoms with van der Waals surface area (Å²) in [5.74, 6) is 0.141. The normalized spacial score (nSPS) is 17.3. The lowest BCUT2D eigenvalue weighted by Crippen LogP contribution is -2.29. The van der Waals surface area contributed by atoms with E-state index in [2.05, 4.69) is 11.9 Å². The van der Waals surface area contributed by atoms with E-state index in [1.807, 2.05) is 12.1 Å². The van der Waals surface area contributed by atoms with Crippen LogP contribution in [0.15, 0.2) is 35.4 Å². The smallest absolute Gasteiger partial charge is 0.329 e. The Kier molecular flexibility index (Phi) is 5.25. The van der Waals surface area contributed by atoms with Crippen LogP contribution in [0.25, 0.3) is 10.2 Å². The quantitative estimate of drug-likeness (QED) is 0.586. The van der Waals surface area contributed by atoms with Crippen LogP contribution >= 0.6 is 22.9 Å². The number of nitrogens with zero attached hydrogens (tertiary/aromatic N) is 2. The Morgan fingerprint density at radius 1 is 1.43 bits per heavy atom. The third kappa shape index (κ3) is 3.47. The number of hydrogen-bond donors (Lipinski definition) is 0. The van der Waals surface area contributed by atoms with Gasteiger partial charge in [-0.2, -0.15) is 0 Å². The molecule has 5 nitrogen and oxygen atoms in total. The van der Waals surface area contributed by atoms with Crippen molar-refractivity contribution in [3.8, 4) is 0 Å². The van der Waals surface area contributed by atoms with Crippen LogP contribution in [0, 0.1) is 5.92 Å². The van der Waals surface area contributed by atoms with E-state index < -0.39 is 12.0 Å². The molecular formula is C21H21ClN2O3S. The number of halogens is 1. The van der Waals surface area contributed by atoms with Crippen LogP contribution in [0.2, 0.25) is 5.02 Å². The maximum atomic E-state index is 13.1. The molecule has 3 aromatic rings. The summed E-state index contributed by atoms with van der Waals surface area (Å²) in [6.45, 7) is 3.96. The SMILES string of the molecule is CC1CCc2c(sc3ncn(C(C)C(=O)OCc4ccccc4Cl)c(=O)c23)C1. The molecule has 0 bridgehead atoms. The van der Waals surface area contributed by atoms with Gasteiger partial charge in [0.2, 0.25) is 0 Å². The second-order valence-electron chi connectivity index (χ2n) is 7.36. The number of rotatable bonds is 4. The third-order valence-corrected chi connectivity index (χ3v) is 6.86. The first-order chi connectivity index (χ1) is 13.5. The zero-order valence-electron chi connectivity index (χ0n) is 15.8. The highest BCUT2D eigenvalue weighted by Gasteiger charge is 2.25. The maximum absolute atomic E-state index is 13.1. The number of aromatic nitrogens is 2. The Labute approximate surface area is 171 Å². The highest BCUT2D eigenvalue weighted by atomic mass is 35.5. The van der Waals surface area contributed by atoms with E-state index in [9.17, 15) is 9.59 Å². The number of ether oxygens (including phenoxy) is 1. The lowest BCUT2D eigenvalue weighted by atomic mass is 9.89. The van der Waals surface area contributed by atoms with Crippen molar-refractivity contribution in [3.05, 3.63) is 62.0 Å². The molecule has 0 aliphatic heterocycles. The monoisotopic (exact) mass is 416 g/mol. The van der Waals surface area contributed by atoms with Crippen molar-refractivity contribution >= 4 is 39.1 Å². The van der Waals surface area contributed by atoms with Crippen LogP contribution in [0.3, 0.4) is 0 Å². The van der Waals surface area contributed by atoms with Crippen LogP contribution in [0.5, 0.6) is 0 Å². The standard InChI is InChI=1S/C21H21ClN2O3S/c1-12-7-8-15-17(9-12)28-19-18(15)20(25)24(11-23-19)13(2)21(26)27-10-14-5-3-4-6-16(14)22/h3-6,11-13H,7-10H2,1-2H3. The van der Waals surface area contributed by atoms with Gasteiger partial charge >= 0.3 is 5.97 Å². The van der Waals surface area contributed by atoms with Crippen LogP contribution < -0.4 is 5.56 Å². The predicted molar refractivity (Wildman–Crippen MR) is 111 cm³/mol. The molecule has 1 aliphatic rings. The Bertz CT molecular complexity index is 1100. The van der Waals surface area contributed by atoms with Crippen molar-refractivity contribution in [2.75, 3.05) is 0 Å². The van der Waals surface area contributed by atoms with Crippen LogP contribution in [0.4, 0.5) is 0 Å². The van der Waals surface area contributed by atoms with E-state index in [1.54, 1.807) is 30.4 Å². The van der Waals surface area contributed by atoms with Crippen LogP contribution in [-0.4, -0.2) is 15.5 Å². The molecule has 1 aromatic carbocycles. The number of hydrogen-bond acceptors (Lipinski definition) is 5. The van der Waals surface area contributed by atoms with E-state index in [0.717, 1.165) is 35.2 Å². The fourth-order valence-electron chi connectivity index (χ4n) is 3.62. The first kappa shape index (κ1) is 19.2. The van der Waals surface area contributed by atoms with Crippen LogP contribution in [-0.2, 0) is 29.0 Å². The molecule has 0 saturated carbocycles. The molecule has 0 radical (unpaired) electrons. The van der Waals surface area contributed by atoms with Crippen molar-refractivity contribution in [1.29, 1.82) is 0 Å². The fourth-order valence-corrected chi connectivity index (χ4v) is 5.15. The second-order valence-corrected chi connectivity index (χ2v) is 8.85. The fraction of sp³-hybridized carbons (Fsp3) is 0.381. The van der Waals surface area contributed by atoms with E-state index in [-0.39, 0.29) is 12.2 Å². The highest BCUT2D eigenvalue weighted by Crippen LogP contribution is 2.35. The summed E-state index contributed by atoms with van der Waals surface area (Å²) >= 11 is 7.70. The van der Waals surface area contributed by atoms with E-state index in [0.29, 0.717) is 16.3 Å². The van der Waals surface area contributed by atoms with Crippen molar-refractivity contribution in [3.63, 3.8) is 0 Å². The van der Waals surface area contributed by atoms with Gasteiger partial charge in [0.25, 0.3) is 5.56 Å². The Morgan fingerprint density at radius 2 is 2.21 bits per heavy atom.